The van der Waals surface area contributed by atoms with Crippen LogP contribution >= 0.6 is 38.5 Å². The molecular weight excluding hydrogens is 389 g/mol. The highest BCUT2D eigenvalue weighted by molar-refractivity contribution is 14.1. The lowest BCUT2D eigenvalue weighted by atomic mass is 9.93. The fourth-order valence-electron chi connectivity index (χ4n) is 2.19. The van der Waals surface area contributed by atoms with E-state index in [1.165, 1.54) is 28.4 Å². The Kier molecular flexibility index (Phi) is 7.04. The van der Waals surface area contributed by atoms with Crippen molar-refractivity contribution in [3.8, 4) is 0 Å². The molecule has 0 aliphatic rings. The molecule has 0 saturated heterocycles. The van der Waals surface area contributed by atoms with E-state index in [-0.39, 0.29) is 0 Å². The van der Waals surface area contributed by atoms with Gasteiger partial charge in [0.2, 0.25) is 0 Å². The molecule has 0 aliphatic heterocycles. The van der Waals surface area contributed by atoms with Crippen molar-refractivity contribution in [2.75, 3.05) is 7.05 Å². The molecule has 0 amide bonds. The lowest BCUT2D eigenvalue weighted by molar-refractivity contribution is 0.406. The quantitative estimate of drug-likeness (QED) is 0.641. The fourth-order valence-corrected chi connectivity index (χ4v) is 3.29. The summed E-state index contributed by atoms with van der Waals surface area (Å²) in [4.78, 5) is 0. The van der Waals surface area contributed by atoms with Crippen LogP contribution in [0.5, 0.6) is 0 Å². The second kappa shape index (κ2) is 7.74. The summed E-state index contributed by atoms with van der Waals surface area (Å²) in [5.41, 5.74) is 1.41. The smallest absolute Gasteiger partial charge is 0.0330 e. The minimum atomic E-state index is 0.459. The molecular formula is C14H21BrIN. The molecule has 1 aromatic rings. The van der Waals surface area contributed by atoms with Crippen molar-refractivity contribution < 1.29 is 0 Å². The molecule has 0 heterocycles. The zero-order valence-corrected chi connectivity index (χ0v) is 14.5. The minimum Gasteiger partial charge on any atom is -0.313 e. The molecule has 2 atom stereocenters. The predicted molar refractivity (Wildman–Crippen MR) is 87.3 cm³/mol. The van der Waals surface area contributed by atoms with E-state index in [9.17, 15) is 0 Å². The van der Waals surface area contributed by atoms with Gasteiger partial charge in [-0.15, -0.1) is 0 Å². The molecule has 0 bridgehead atoms. The van der Waals surface area contributed by atoms with Crippen LogP contribution in [-0.4, -0.2) is 7.05 Å². The van der Waals surface area contributed by atoms with Crippen LogP contribution in [-0.2, 0) is 0 Å². The summed E-state index contributed by atoms with van der Waals surface area (Å²) in [6, 6.07) is 6.98. The highest BCUT2D eigenvalue weighted by Gasteiger charge is 2.15. The molecule has 1 aromatic carbocycles. The average molecular weight is 410 g/mol. The van der Waals surface area contributed by atoms with E-state index in [1.54, 1.807) is 0 Å². The normalized spacial score (nSPS) is 14.6. The highest BCUT2D eigenvalue weighted by Crippen LogP contribution is 2.29. The molecule has 2 unspecified atom stereocenters. The van der Waals surface area contributed by atoms with Crippen LogP contribution in [0, 0.1) is 9.49 Å². The maximum Gasteiger partial charge on any atom is 0.0330 e. The third-order valence-electron chi connectivity index (χ3n) is 3.10. The number of hydrogen-bond acceptors (Lipinski definition) is 1. The molecule has 0 aromatic heterocycles. The van der Waals surface area contributed by atoms with E-state index < -0.39 is 0 Å². The molecule has 0 saturated carbocycles. The summed E-state index contributed by atoms with van der Waals surface area (Å²) in [5.74, 6) is 0.771. The lowest BCUT2D eigenvalue weighted by Gasteiger charge is -2.22. The highest BCUT2D eigenvalue weighted by atomic mass is 127. The van der Waals surface area contributed by atoms with E-state index in [2.05, 4.69) is 82.9 Å². The van der Waals surface area contributed by atoms with Gasteiger partial charge in [0.05, 0.1) is 0 Å². The van der Waals surface area contributed by atoms with E-state index in [4.69, 9.17) is 0 Å². The van der Waals surface area contributed by atoms with Gasteiger partial charge in [-0.05, 0) is 65.7 Å². The van der Waals surface area contributed by atoms with Crippen molar-refractivity contribution in [1.82, 2.24) is 5.32 Å². The number of hydrogen-bond donors (Lipinski definition) is 1. The Labute approximate surface area is 127 Å². The van der Waals surface area contributed by atoms with E-state index in [0.717, 1.165) is 10.4 Å². The zero-order valence-electron chi connectivity index (χ0n) is 10.8. The number of benzene rings is 1. The maximum atomic E-state index is 3.56. The minimum absolute atomic E-state index is 0.459. The molecule has 1 N–H and O–H groups in total. The van der Waals surface area contributed by atoms with Crippen molar-refractivity contribution in [1.29, 1.82) is 0 Å². The Morgan fingerprint density at radius 1 is 1.41 bits per heavy atom. The first-order valence-corrected chi connectivity index (χ1v) is 8.07. The zero-order chi connectivity index (χ0) is 12.8. The second-order valence-electron chi connectivity index (χ2n) is 4.64. The van der Waals surface area contributed by atoms with Crippen LogP contribution in [0.3, 0.4) is 0 Å². The first-order chi connectivity index (χ1) is 8.08. The molecule has 0 radical (unpaired) electrons. The summed E-state index contributed by atoms with van der Waals surface area (Å²) in [6.45, 7) is 4.60. The Balaban J connectivity index is 2.82. The van der Waals surface area contributed by atoms with Crippen molar-refractivity contribution in [3.63, 3.8) is 0 Å². The van der Waals surface area contributed by atoms with Crippen LogP contribution in [0.25, 0.3) is 0 Å². The first kappa shape index (κ1) is 15.4. The summed E-state index contributed by atoms with van der Waals surface area (Å²) in [7, 11) is 2.06. The summed E-state index contributed by atoms with van der Waals surface area (Å²) in [6.07, 6.45) is 3.78. The van der Waals surface area contributed by atoms with Gasteiger partial charge in [0, 0.05) is 14.1 Å². The van der Waals surface area contributed by atoms with Gasteiger partial charge < -0.3 is 5.32 Å². The summed E-state index contributed by atoms with van der Waals surface area (Å²) >= 11 is 5.98. The lowest BCUT2D eigenvalue weighted by Crippen LogP contribution is -2.20. The molecule has 1 rings (SSSR count). The Bertz CT molecular complexity index is 354. The van der Waals surface area contributed by atoms with E-state index in [0.29, 0.717) is 6.04 Å². The fraction of sp³-hybridized carbons (Fsp3) is 0.571. The van der Waals surface area contributed by atoms with Gasteiger partial charge in [-0.2, -0.15) is 0 Å². The third kappa shape index (κ3) is 4.87. The van der Waals surface area contributed by atoms with Crippen molar-refractivity contribution in [3.05, 3.63) is 31.8 Å². The van der Waals surface area contributed by atoms with Gasteiger partial charge in [0.1, 0.15) is 0 Å². The first-order valence-electron chi connectivity index (χ1n) is 6.20. The van der Waals surface area contributed by atoms with Gasteiger partial charge in [-0.25, -0.2) is 0 Å². The molecule has 17 heavy (non-hydrogen) atoms. The third-order valence-corrected chi connectivity index (χ3v) is 4.58. The molecule has 0 spiro atoms. The molecule has 96 valence electrons. The Hall–Kier alpha value is 0.390. The Morgan fingerprint density at radius 2 is 2.12 bits per heavy atom. The predicted octanol–water partition coefficient (Wildman–Crippen LogP) is 5.14. The van der Waals surface area contributed by atoms with Gasteiger partial charge in [-0.3, -0.25) is 0 Å². The second-order valence-corrected chi connectivity index (χ2v) is 6.71. The van der Waals surface area contributed by atoms with Crippen LogP contribution in [0.15, 0.2) is 22.7 Å². The van der Waals surface area contributed by atoms with Crippen molar-refractivity contribution in [2.24, 2.45) is 5.92 Å². The molecule has 0 aliphatic carbocycles. The van der Waals surface area contributed by atoms with Crippen LogP contribution < -0.4 is 5.32 Å². The summed E-state index contributed by atoms with van der Waals surface area (Å²) < 4.78 is 2.50. The van der Waals surface area contributed by atoms with Gasteiger partial charge in [-0.1, -0.05) is 42.6 Å². The number of halogens is 2. The standard InChI is InChI=1S/C14H21BrIN/c1-4-5-10(2)8-14(17-3)12-9-11(15)6-7-13(12)16/h6-7,9-10,14,17H,4-5,8H2,1-3H3. The maximum absolute atomic E-state index is 3.56. The van der Waals surface area contributed by atoms with Crippen LogP contribution in [0.2, 0.25) is 0 Å². The molecule has 1 nitrogen and oxygen atoms in total. The van der Waals surface area contributed by atoms with Crippen LogP contribution in [0.1, 0.15) is 44.7 Å². The average Bonchev–Trinajstić information content (AvgIpc) is 2.30. The van der Waals surface area contributed by atoms with Gasteiger partial charge in [0.25, 0.3) is 0 Å². The van der Waals surface area contributed by atoms with E-state index in [1.807, 2.05) is 0 Å². The van der Waals surface area contributed by atoms with Gasteiger partial charge >= 0.3 is 0 Å². The van der Waals surface area contributed by atoms with E-state index >= 15 is 0 Å². The number of nitrogens with one attached hydrogen (secondary N) is 1. The molecule has 0 fully saturated rings. The number of rotatable bonds is 6. The van der Waals surface area contributed by atoms with Crippen molar-refractivity contribution in [2.45, 2.75) is 39.2 Å². The monoisotopic (exact) mass is 409 g/mol. The Morgan fingerprint density at radius 3 is 2.71 bits per heavy atom. The largest absolute Gasteiger partial charge is 0.313 e. The van der Waals surface area contributed by atoms with Crippen LogP contribution in [0.4, 0.5) is 0 Å². The molecule has 3 heteroatoms. The topological polar surface area (TPSA) is 12.0 Å². The SMILES string of the molecule is CCCC(C)CC(NC)c1cc(Br)ccc1I. The van der Waals surface area contributed by atoms with Crippen molar-refractivity contribution >= 4 is 38.5 Å². The summed E-state index contributed by atoms with van der Waals surface area (Å²) in [5, 5.41) is 3.45. The van der Waals surface area contributed by atoms with Gasteiger partial charge in [0.15, 0.2) is 0 Å².